The van der Waals surface area contributed by atoms with Crippen LogP contribution in [0, 0.1) is 24.1 Å². The van der Waals surface area contributed by atoms with Gasteiger partial charge in [0.15, 0.2) is 0 Å². The Morgan fingerprint density at radius 1 is 1.45 bits per heavy atom. The van der Waals surface area contributed by atoms with E-state index in [0.29, 0.717) is 18.7 Å². The molecule has 1 saturated carbocycles. The van der Waals surface area contributed by atoms with Crippen molar-refractivity contribution in [2.45, 2.75) is 39.0 Å². The lowest BCUT2D eigenvalue weighted by atomic mass is 9.76. The number of carbonyl (C=O) groups is 1. The molecule has 1 aliphatic carbocycles. The zero-order valence-corrected chi connectivity index (χ0v) is 13.1. The Hall–Kier alpha value is -1.42. The highest BCUT2D eigenvalue weighted by Gasteiger charge is 2.41. The van der Waals surface area contributed by atoms with Gasteiger partial charge in [-0.25, -0.2) is 4.39 Å². The minimum atomic E-state index is -0.377. The van der Waals surface area contributed by atoms with Crippen LogP contribution >= 0.6 is 0 Å². The van der Waals surface area contributed by atoms with Gasteiger partial charge < -0.3 is 10.0 Å². The molecule has 1 amide bonds. The molecule has 2 aliphatic rings. The minimum absolute atomic E-state index is 0.106. The second kappa shape index (κ2) is 5.99. The molecule has 22 heavy (non-hydrogen) atoms. The number of likely N-dealkylation sites (tertiary alicyclic amines) is 1. The number of amides is 1. The van der Waals surface area contributed by atoms with Crippen LogP contribution in [-0.4, -0.2) is 35.6 Å². The molecule has 1 aromatic carbocycles. The van der Waals surface area contributed by atoms with Crippen molar-refractivity contribution in [2.24, 2.45) is 11.3 Å². The summed E-state index contributed by atoms with van der Waals surface area (Å²) < 4.78 is 13.5. The molecule has 3 nitrogen and oxygen atoms in total. The molecule has 0 aromatic heterocycles. The summed E-state index contributed by atoms with van der Waals surface area (Å²) in [6.45, 7) is 3.26. The van der Waals surface area contributed by atoms with Gasteiger partial charge in [0.1, 0.15) is 5.82 Å². The number of benzene rings is 1. The summed E-state index contributed by atoms with van der Waals surface area (Å²) >= 11 is 0. The van der Waals surface area contributed by atoms with Crippen LogP contribution < -0.4 is 0 Å². The molecule has 0 bridgehead atoms. The molecular formula is C18H24FNO2. The van der Waals surface area contributed by atoms with Gasteiger partial charge in [0.05, 0.1) is 6.61 Å². The molecule has 1 saturated heterocycles. The third-order valence-electron chi connectivity index (χ3n) is 5.13. The number of aliphatic hydroxyl groups is 1. The van der Waals surface area contributed by atoms with Gasteiger partial charge in [0, 0.05) is 24.1 Å². The highest BCUT2D eigenvalue weighted by molar-refractivity contribution is 5.95. The molecular weight excluding hydrogens is 281 g/mol. The SMILES string of the molecule is Cc1ccc(F)cc1C(=O)N1CCC[C@@](CO)(CC2CC2)C1. The highest BCUT2D eigenvalue weighted by atomic mass is 19.1. The number of hydrogen-bond acceptors (Lipinski definition) is 2. The first-order valence-electron chi connectivity index (χ1n) is 8.19. The van der Waals surface area contributed by atoms with Crippen LogP contribution in [0.15, 0.2) is 18.2 Å². The molecule has 120 valence electrons. The number of aliphatic hydroxyl groups excluding tert-OH is 1. The Balaban J connectivity index is 1.78. The predicted octanol–water partition coefficient (Wildman–Crippen LogP) is 3.15. The van der Waals surface area contributed by atoms with E-state index < -0.39 is 0 Å². The summed E-state index contributed by atoms with van der Waals surface area (Å²) in [4.78, 5) is 14.6. The van der Waals surface area contributed by atoms with E-state index in [1.807, 2.05) is 11.8 Å². The third kappa shape index (κ3) is 3.17. The lowest BCUT2D eigenvalue weighted by Crippen LogP contribution is -2.48. The molecule has 0 radical (unpaired) electrons. The molecule has 2 fully saturated rings. The number of hydrogen-bond donors (Lipinski definition) is 1. The predicted molar refractivity (Wildman–Crippen MR) is 83.1 cm³/mol. The Morgan fingerprint density at radius 3 is 2.91 bits per heavy atom. The summed E-state index contributed by atoms with van der Waals surface area (Å²) in [7, 11) is 0. The van der Waals surface area contributed by atoms with Crippen molar-refractivity contribution >= 4 is 5.91 Å². The first kappa shape index (κ1) is 15.5. The quantitative estimate of drug-likeness (QED) is 0.928. The average Bonchev–Trinajstić information content (AvgIpc) is 3.33. The molecule has 1 N–H and O–H groups in total. The fourth-order valence-corrected chi connectivity index (χ4v) is 3.67. The molecule has 1 atom stereocenters. The average molecular weight is 305 g/mol. The number of rotatable bonds is 4. The van der Waals surface area contributed by atoms with E-state index in [0.717, 1.165) is 30.7 Å². The molecule has 4 heteroatoms. The molecule has 1 aliphatic heterocycles. The molecule has 0 unspecified atom stereocenters. The van der Waals surface area contributed by atoms with Crippen LogP contribution in [-0.2, 0) is 0 Å². The van der Waals surface area contributed by atoms with E-state index in [9.17, 15) is 14.3 Å². The van der Waals surface area contributed by atoms with Gasteiger partial charge in [-0.15, -0.1) is 0 Å². The maximum atomic E-state index is 13.5. The van der Waals surface area contributed by atoms with Crippen molar-refractivity contribution in [1.82, 2.24) is 4.90 Å². The first-order chi connectivity index (χ1) is 10.5. The second-order valence-corrected chi connectivity index (χ2v) is 7.10. The second-order valence-electron chi connectivity index (χ2n) is 7.10. The van der Waals surface area contributed by atoms with Gasteiger partial charge in [0.2, 0.25) is 0 Å². The molecule has 1 aromatic rings. The number of nitrogens with zero attached hydrogens (tertiary/aromatic N) is 1. The van der Waals surface area contributed by atoms with Crippen molar-refractivity contribution in [1.29, 1.82) is 0 Å². The highest BCUT2D eigenvalue weighted by Crippen LogP contribution is 2.44. The Bertz CT molecular complexity index is 570. The van der Waals surface area contributed by atoms with E-state index >= 15 is 0 Å². The van der Waals surface area contributed by atoms with Gasteiger partial charge in [-0.05, 0) is 49.8 Å². The lowest BCUT2D eigenvalue weighted by molar-refractivity contribution is 0.0195. The monoisotopic (exact) mass is 305 g/mol. The molecule has 3 rings (SSSR count). The normalized spacial score (nSPS) is 25.3. The Kier molecular flexibility index (Phi) is 4.22. The number of piperidine rings is 1. The maximum Gasteiger partial charge on any atom is 0.254 e. The Labute approximate surface area is 131 Å². The maximum absolute atomic E-state index is 13.5. The van der Waals surface area contributed by atoms with Crippen molar-refractivity contribution in [2.75, 3.05) is 19.7 Å². The van der Waals surface area contributed by atoms with E-state index in [1.165, 1.54) is 25.0 Å². The van der Waals surface area contributed by atoms with Crippen LogP contribution in [0.1, 0.15) is 48.0 Å². The van der Waals surface area contributed by atoms with E-state index in [-0.39, 0.29) is 23.7 Å². The Morgan fingerprint density at radius 2 is 2.23 bits per heavy atom. The fourth-order valence-electron chi connectivity index (χ4n) is 3.67. The van der Waals surface area contributed by atoms with Crippen LogP contribution in [0.4, 0.5) is 4.39 Å². The summed E-state index contributed by atoms with van der Waals surface area (Å²) in [5.41, 5.74) is 1.09. The van der Waals surface area contributed by atoms with Crippen molar-refractivity contribution in [3.8, 4) is 0 Å². The zero-order chi connectivity index (χ0) is 15.7. The molecule has 1 heterocycles. The number of halogens is 1. The smallest absolute Gasteiger partial charge is 0.254 e. The van der Waals surface area contributed by atoms with Gasteiger partial charge in [-0.2, -0.15) is 0 Å². The summed E-state index contributed by atoms with van der Waals surface area (Å²) in [5.74, 6) is 0.237. The van der Waals surface area contributed by atoms with Crippen LogP contribution in [0.25, 0.3) is 0 Å². The van der Waals surface area contributed by atoms with E-state index in [1.54, 1.807) is 6.07 Å². The summed E-state index contributed by atoms with van der Waals surface area (Å²) in [6.07, 6.45) is 5.39. The van der Waals surface area contributed by atoms with Crippen LogP contribution in [0.2, 0.25) is 0 Å². The van der Waals surface area contributed by atoms with Crippen LogP contribution in [0.3, 0.4) is 0 Å². The van der Waals surface area contributed by atoms with Gasteiger partial charge in [-0.3, -0.25) is 4.79 Å². The number of aryl methyl sites for hydroxylation is 1. The fraction of sp³-hybridized carbons (Fsp3) is 0.611. The summed E-state index contributed by atoms with van der Waals surface area (Å²) in [6, 6.07) is 4.36. The topological polar surface area (TPSA) is 40.5 Å². The largest absolute Gasteiger partial charge is 0.396 e. The third-order valence-corrected chi connectivity index (χ3v) is 5.13. The summed E-state index contributed by atoms with van der Waals surface area (Å²) in [5, 5.41) is 9.89. The van der Waals surface area contributed by atoms with Crippen molar-refractivity contribution in [3.05, 3.63) is 35.1 Å². The first-order valence-corrected chi connectivity index (χ1v) is 8.19. The van der Waals surface area contributed by atoms with Crippen LogP contribution in [0.5, 0.6) is 0 Å². The standard InChI is InChI=1S/C18H24FNO2/c1-13-3-6-15(19)9-16(13)17(22)20-8-2-7-18(11-20,12-21)10-14-4-5-14/h3,6,9,14,21H,2,4-5,7-8,10-12H2,1H3/t18-/m1/s1. The van der Waals surface area contributed by atoms with Gasteiger partial charge >= 0.3 is 0 Å². The molecule has 0 spiro atoms. The lowest BCUT2D eigenvalue weighted by Gasteiger charge is -2.42. The zero-order valence-electron chi connectivity index (χ0n) is 13.1. The van der Waals surface area contributed by atoms with E-state index in [2.05, 4.69) is 0 Å². The van der Waals surface area contributed by atoms with Gasteiger partial charge in [0.25, 0.3) is 5.91 Å². The van der Waals surface area contributed by atoms with E-state index in [4.69, 9.17) is 0 Å². The van der Waals surface area contributed by atoms with Crippen molar-refractivity contribution < 1.29 is 14.3 Å². The minimum Gasteiger partial charge on any atom is -0.396 e. The van der Waals surface area contributed by atoms with Gasteiger partial charge in [-0.1, -0.05) is 18.9 Å². The number of carbonyl (C=O) groups excluding carboxylic acids is 1. The van der Waals surface area contributed by atoms with Crippen molar-refractivity contribution in [3.63, 3.8) is 0 Å².